The summed E-state index contributed by atoms with van der Waals surface area (Å²) in [5.74, 6) is 0.371. The van der Waals surface area contributed by atoms with Gasteiger partial charge in [0.25, 0.3) is 5.91 Å². The summed E-state index contributed by atoms with van der Waals surface area (Å²) in [4.78, 5) is 50.7. The molecule has 0 radical (unpaired) electrons. The number of primary amides is 1. The van der Waals surface area contributed by atoms with Gasteiger partial charge >= 0.3 is 0 Å². The van der Waals surface area contributed by atoms with E-state index in [1.165, 1.54) is 0 Å². The van der Waals surface area contributed by atoms with E-state index in [0.29, 0.717) is 35.8 Å². The van der Waals surface area contributed by atoms with Gasteiger partial charge in [0.1, 0.15) is 18.4 Å². The van der Waals surface area contributed by atoms with E-state index >= 15 is 0 Å². The summed E-state index contributed by atoms with van der Waals surface area (Å²) in [6.45, 7) is 9.79. The third-order valence-corrected chi connectivity index (χ3v) is 6.77. The number of anilines is 3. The lowest BCUT2D eigenvalue weighted by molar-refractivity contribution is -0.127. The number of hydrogen-bond donors (Lipinski definition) is 4. The largest absolute Gasteiger partial charge is 0.491 e. The molecule has 0 saturated carbocycles. The van der Waals surface area contributed by atoms with Crippen LogP contribution in [0.15, 0.2) is 35.9 Å². The third kappa shape index (κ3) is 9.16. The molecule has 5 N–H and O–H groups in total. The molecule has 0 aliphatic carbocycles. The first-order chi connectivity index (χ1) is 20.0. The lowest BCUT2D eigenvalue weighted by atomic mass is 10.2. The third-order valence-electron chi connectivity index (χ3n) is 6.77. The van der Waals surface area contributed by atoms with E-state index in [0.717, 1.165) is 37.4 Å². The average molecular weight is 581 g/mol. The molecule has 0 unspecified atom stereocenters. The number of hydrogen-bond acceptors (Lipinski definition) is 9. The highest BCUT2D eigenvalue weighted by Gasteiger charge is 2.23. The number of rotatable bonds is 14. The highest BCUT2D eigenvalue weighted by molar-refractivity contribution is 5.97. The normalized spacial score (nSPS) is 14.8. The number of nitrogens with zero attached hydrogens (tertiary/aromatic N) is 4. The Morgan fingerprint density at radius 3 is 2.50 bits per heavy atom. The van der Waals surface area contributed by atoms with Crippen molar-refractivity contribution in [3.63, 3.8) is 0 Å². The number of benzene rings is 1. The van der Waals surface area contributed by atoms with Crippen LogP contribution in [-0.4, -0.2) is 85.0 Å². The molecule has 1 aliphatic heterocycles. The lowest BCUT2D eigenvalue weighted by Gasteiger charge is -2.21. The second-order valence-electron chi connectivity index (χ2n) is 10.8. The maximum atomic E-state index is 12.6. The summed E-state index contributed by atoms with van der Waals surface area (Å²) in [6, 6.07) is 6.17. The van der Waals surface area contributed by atoms with Crippen LogP contribution in [0.3, 0.4) is 0 Å². The highest BCUT2D eigenvalue weighted by Crippen LogP contribution is 2.28. The van der Waals surface area contributed by atoms with E-state index in [1.807, 2.05) is 51.1 Å². The van der Waals surface area contributed by atoms with Crippen LogP contribution in [0.5, 0.6) is 5.75 Å². The van der Waals surface area contributed by atoms with Gasteiger partial charge in [0, 0.05) is 37.0 Å². The average Bonchev–Trinajstić information content (AvgIpc) is 3.49. The predicted octanol–water partition coefficient (Wildman–Crippen LogP) is 2.38. The first-order valence-corrected chi connectivity index (χ1v) is 14.4. The SMILES string of the molecule is CCc1nc(C(N)=O)c(Nc2cccc(OC[C@H](C)NC(=O)[C@H](C)NC(=O)/C(C)=C/CN(C)C)c2)nc1N1CCCC1. The molecule has 1 aromatic heterocycles. The number of amides is 3. The van der Waals surface area contributed by atoms with Crippen molar-refractivity contribution in [3.05, 3.63) is 47.3 Å². The van der Waals surface area contributed by atoms with Crippen molar-refractivity contribution in [2.45, 2.75) is 59.0 Å². The Kier molecular flexibility index (Phi) is 11.7. The molecule has 0 spiro atoms. The standard InChI is InChI=1S/C30H44N8O4/c1-7-24-28(38-14-8-9-15-38)36-27(25(35-24)26(31)39)34-22-11-10-12-23(17-22)42-18-20(3)32-30(41)21(4)33-29(40)19(2)13-16-37(5)6/h10-13,17,20-21H,7-9,14-16,18H2,1-6H3,(H2,31,39)(H,32,41)(H,33,40)(H,34,36)/b19-13+/t20-,21-/m0/s1. The number of aryl methyl sites for hydroxylation is 1. The van der Waals surface area contributed by atoms with Crippen molar-refractivity contribution in [1.82, 2.24) is 25.5 Å². The van der Waals surface area contributed by atoms with Gasteiger partial charge in [-0.3, -0.25) is 14.4 Å². The Labute approximate surface area is 248 Å². The highest BCUT2D eigenvalue weighted by atomic mass is 16.5. The number of nitrogens with two attached hydrogens (primary N) is 1. The number of aromatic nitrogens is 2. The van der Waals surface area contributed by atoms with Gasteiger partial charge in [0.05, 0.1) is 11.7 Å². The minimum Gasteiger partial charge on any atom is -0.491 e. The molecule has 1 saturated heterocycles. The number of carbonyl (C=O) groups is 3. The zero-order valence-corrected chi connectivity index (χ0v) is 25.5. The van der Waals surface area contributed by atoms with Crippen molar-refractivity contribution in [1.29, 1.82) is 0 Å². The molecule has 1 aliphatic rings. The van der Waals surface area contributed by atoms with Crippen molar-refractivity contribution in [2.75, 3.05) is 50.6 Å². The molecular weight excluding hydrogens is 536 g/mol. The Balaban J connectivity index is 1.61. The van der Waals surface area contributed by atoms with Gasteiger partial charge in [-0.2, -0.15) is 0 Å². The lowest BCUT2D eigenvalue weighted by Crippen LogP contribution is -2.48. The monoisotopic (exact) mass is 580 g/mol. The molecule has 1 aromatic carbocycles. The van der Waals surface area contributed by atoms with Gasteiger partial charge in [0.2, 0.25) is 11.8 Å². The van der Waals surface area contributed by atoms with Crippen LogP contribution in [0.2, 0.25) is 0 Å². The summed E-state index contributed by atoms with van der Waals surface area (Å²) in [6.07, 6.45) is 4.62. The predicted molar refractivity (Wildman–Crippen MR) is 164 cm³/mol. The van der Waals surface area contributed by atoms with Gasteiger partial charge in [-0.1, -0.05) is 19.1 Å². The Morgan fingerprint density at radius 2 is 1.86 bits per heavy atom. The topological polar surface area (TPSA) is 155 Å². The molecule has 12 heteroatoms. The zero-order valence-electron chi connectivity index (χ0n) is 25.5. The minimum absolute atomic E-state index is 0.0852. The molecule has 3 rings (SSSR count). The van der Waals surface area contributed by atoms with Crippen molar-refractivity contribution < 1.29 is 19.1 Å². The number of carbonyl (C=O) groups excluding carboxylic acids is 3. The summed E-state index contributed by atoms with van der Waals surface area (Å²) < 4.78 is 5.93. The summed E-state index contributed by atoms with van der Waals surface area (Å²) in [5, 5.41) is 8.77. The van der Waals surface area contributed by atoms with Gasteiger partial charge in [-0.15, -0.1) is 0 Å². The molecule has 3 amide bonds. The summed E-state index contributed by atoms with van der Waals surface area (Å²) >= 11 is 0. The first-order valence-electron chi connectivity index (χ1n) is 14.4. The van der Waals surface area contributed by atoms with Crippen LogP contribution in [0.1, 0.15) is 56.7 Å². The van der Waals surface area contributed by atoms with Crippen LogP contribution in [0.25, 0.3) is 0 Å². The van der Waals surface area contributed by atoms with Gasteiger partial charge in [-0.05, 0) is 66.3 Å². The van der Waals surface area contributed by atoms with Crippen LogP contribution < -0.4 is 31.3 Å². The van der Waals surface area contributed by atoms with Crippen LogP contribution in [-0.2, 0) is 16.0 Å². The maximum Gasteiger partial charge on any atom is 0.271 e. The van der Waals surface area contributed by atoms with Crippen LogP contribution in [0.4, 0.5) is 17.3 Å². The second kappa shape index (κ2) is 15.2. The fourth-order valence-electron chi connectivity index (χ4n) is 4.36. The Bertz CT molecular complexity index is 1290. The van der Waals surface area contributed by atoms with E-state index in [4.69, 9.17) is 15.5 Å². The van der Waals surface area contributed by atoms with Crippen molar-refractivity contribution in [3.8, 4) is 5.75 Å². The molecule has 2 atom stereocenters. The van der Waals surface area contributed by atoms with Gasteiger partial charge in [-0.25, -0.2) is 9.97 Å². The molecule has 0 bridgehead atoms. The molecule has 12 nitrogen and oxygen atoms in total. The van der Waals surface area contributed by atoms with Crippen LogP contribution >= 0.6 is 0 Å². The summed E-state index contributed by atoms with van der Waals surface area (Å²) in [7, 11) is 3.83. The molecule has 2 aromatic rings. The molecule has 2 heterocycles. The molecule has 228 valence electrons. The van der Waals surface area contributed by atoms with E-state index in [1.54, 1.807) is 26.0 Å². The number of nitrogens with one attached hydrogen (secondary N) is 3. The maximum absolute atomic E-state index is 12.6. The van der Waals surface area contributed by atoms with Crippen molar-refractivity contribution >= 4 is 35.0 Å². The number of ether oxygens (including phenoxy) is 1. The fourth-order valence-corrected chi connectivity index (χ4v) is 4.36. The quantitative estimate of drug-likeness (QED) is 0.247. The van der Waals surface area contributed by atoms with Gasteiger partial charge in [0.15, 0.2) is 17.3 Å². The Morgan fingerprint density at radius 1 is 1.14 bits per heavy atom. The molecule has 1 fully saturated rings. The Hall–Kier alpha value is -4.19. The van der Waals surface area contributed by atoms with E-state index in [9.17, 15) is 14.4 Å². The van der Waals surface area contributed by atoms with E-state index < -0.39 is 11.9 Å². The zero-order chi connectivity index (χ0) is 30.8. The minimum atomic E-state index is -0.708. The van der Waals surface area contributed by atoms with Gasteiger partial charge < -0.3 is 36.2 Å². The fraction of sp³-hybridized carbons (Fsp3) is 0.500. The van der Waals surface area contributed by atoms with E-state index in [2.05, 4.69) is 25.8 Å². The van der Waals surface area contributed by atoms with E-state index in [-0.39, 0.29) is 30.2 Å². The second-order valence-corrected chi connectivity index (χ2v) is 10.8. The smallest absolute Gasteiger partial charge is 0.271 e. The number of likely N-dealkylation sites (N-methyl/N-ethyl adjacent to an activating group) is 1. The molecular formula is C30H44N8O4. The summed E-state index contributed by atoms with van der Waals surface area (Å²) in [5.41, 5.74) is 7.68. The van der Waals surface area contributed by atoms with Crippen molar-refractivity contribution in [2.24, 2.45) is 5.73 Å². The van der Waals surface area contributed by atoms with Crippen LogP contribution in [0, 0.1) is 0 Å². The molecule has 42 heavy (non-hydrogen) atoms. The first kappa shape index (κ1) is 32.3.